The van der Waals surface area contributed by atoms with Gasteiger partial charge in [-0.3, -0.25) is 4.98 Å². The molecule has 3 aromatic rings. The lowest BCUT2D eigenvalue weighted by Gasteiger charge is -2.21. The molecule has 0 aliphatic carbocycles. The molecule has 6 nitrogen and oxygen atoms in total. The molecule has 0 unspecified atom stereocenters. The Morgan fingerprint density at radius 1 is 0.846 bits per heavy atom. The van der Waals surface area contributed by atoms with Gasteiger partial charge >= 0.3 is 6.03 Å². The maximum atomic E-state index is 12.2. The fourth-order valence-corrected chi connectivity index (χ4v) is 2.59. The molecule has 1 atom stereocenters. The first-order chi connectivity index (χ1) is 12.6. The third-order valence-corrected chi connectivity index (χ3v) is 3.90. The van der Waals surface area contributed by atoms with Crippen molar-refractivity contribution >= 4 is 11.7 Å². The van der Waals surface area contributed by atoms with E-state index in [2.05, 4.69) is 15.6 Å². The molecule has 0 spiro atoms. The van der Waals surface area contributed by atoms with Crippen molar-refractivity contribution in [1.82, 2.24) is 10.3 Å². The molecular formula is C20H19N3O3. The molecule has 6 heteroatoms. The number of nitrogens with zero attached hydrogens (tertiary/aromatic N) is 1. The first kappa shape index (κ1) is 17.6. The van der Waals surface area contributed by atoms with Gasteiger partial charge in [-0.05, 0) is 41.0 Å². The summed E-state index contributed by atoms with van der Waals surface area (Å²) in [5.41, 5.74) is 3.24. The molecule has 132 valence electrons. The van der Waals surface area contributed by atoms with Crippen molar-refractivity contribution < 1.29 is 15.0 Å². The average Bonchev–Trinajstić information content (AvgIpc) is 2.68. The number of rotatable bonds is 5. The van der Waals surface area contributed by atoms with Gasteiger partial charge in [-0.1, -0.05) is 42.5 Å². The molecular weight excluding hydrogens is 330 g/mol. The molecule has 1 heterocycles. The van der Waals surface area contributed by atoms with Crippen molar-refractivity contribution in [2.45, 2.75) is 12.3 Å². The lowest BCUT2D eigenvalue weighted by Crippen LogP contribution is -2.38. The van der Waals surface area contributed by atoms with Gasteiger partial charge in [0.25, 0.3) is 0 Å². The summed E-state index contributed by atoms with van der Waals surface area (Å²) in [4.78, 5) is 16.2. The third kappa shape index (κ3) is 4.44. The predicted molar refractivity (Wildman–Crippen MR) is 99.2 cm³/mol. The van der Waals surface area contributed by atoms with E-state index in [1.54, 1.807) is 48.8 Å². The molecule has 4 N–H and O–H groups in total. The van der Waals surface area contributed by atoms with E-state index in [0.717, 1.165) is 11.1 Å². The number of amides is 2. The van der Waals surface area contributed by atoms with Crippen LogP contribution in [0, 0.1) is 0 Å². The largest absolute Gasteiger partial charge is 0.366 e. The van der Waals surface area contributed by atoms with Crippen LogP contribution in [0.5, 0.6) is 0 Å². The Kier molecular flexibility index (Phi) is 5.58. The number of carbonyl (C=O) groups excluding carboxylic acids is 1. The van der Waals surface area contributed by atoms with E-state index in [4.69, 9.17) is 0 Å². The fraction of sp³-hybridized carbons (Fsp3) is 0.100. The highest BCUT2D eigenvalue weighted by molar-refractivity contribution is 5.89. The zero-order valence-electron chi connectivity index (χ0n) is 13.9. The standard InChI is InChI=1S/C20H19N3O3/c24-19(25)18(16-4-2-1-3-5-16)23-20(26)22-17-8-6-14(7-9-17)15-10-12-21-13-11-15/h1-13,18-19,24-25H,(H2,22,23,26)/t18-/m0/s1. The number of aromatic nitrogens is 1. The zero-order chi connectivity index (χ0) is 18.4. The summed E-state index contributed by atoms with van der Waals surface area (Å²) in [7, 11) is 0. The summed E-state index contributed by atoms with van der Waals surface area (Å²) in [5, 5.41) is 24.4. The van der Waals surface area contributed by atoms with Gasteiger partial charge in [0.1, 0.15) is 6.04 Å². The molecule has 0 bridgehead atoms. The first-order valence-electron chi connectivity index (χ1n) is 8.12. The van der Waals surface area contributed by atoms with Crippen LogP contribution in [-0.4, -0.2) is 27.5 Å². The number of hydrogen-bond acceptors (Lipinski definition) is 4. The summed E-state index contributed by atoms with van der Waals surface area (Å²) >= 11 is 0. The Morgan fingerprint density at radius 3 is 2.08 bits per heavy atom. The molecule has 3 rings (SSSR count). The van der Waals surface area contributed by atoms with Gasteiger partial charge in [0.15, 0.2) is 6.29 Å². The van der Waals surface area contributed by atoms with Crippen molar-refractivity contribution in [3.8, 4) is 11.1 Å². The number of anilines is 1. The van der Waals surface area contributed by atoms with E-state index in [0.29, 0.717) is 11.3 Å². The third-order valence-electron chi connectivity index (χ3n) is 3.90. The smallest absolute Gasteiger partial charge is 0.319 e. The summed E-state index contributed by atoms with van der Waals surface area (Å²) in [6.45, 7) is 0. The van der Waals surface area contributed by atoms with Gasteiger partial charge in [0.2, 0.25) is 0 Å². The highest BCUT2D eigenvalue weighted by atomic mass is 16.5. The number of nitrogens with one attached hydrogen (secondary N) is 2. The summed E-state index contributed by atoms with van der Waals surface area (Å²) in [5.74, 6) is 0. The topological polar surface area (TPSA) is 94.5 Å². The number of urea groups is 1. The van der Waals surface area contributed by atoms with Crippen LogP contribution in [0.25, 0.3) is 11.1 Å². The molecule has 0 fully saturated rings. The Balaban J connectivity index is 1.66. The van der Waals surface area contributed by atoms with Crippen LogP contribution in [-0.2, 0) is 0 Å². The molecule has 0 saturated heterocycles. The molecule has 0 aliphatic heterocycles. The molecule has 2 amide bonds. The van der Waals surface area contributed by atoms with Gasteiger partial charge in [-0.25, -0.2) is 4.79 Å². The second kappa shape index (κ2) is 8.24. The normalized spacial score (nSPS) is 11.8. The number of pyridine rings is 1. The Labute approximate surface area is 151 Å². The Hall–Kier alpha value is -3.22. The minimum Gasteiger partial charge on any atom is -0.366 e. The van der Waals surface area contributed by atoms with Crippen LogP contribution in [0.2, 0.25) is 0 Å². The average molecular weight is 349 g/mol. The SMILES string of the molecule is O=C(Nc1ccc(-c2ccncc2)cc1)N[C@@H](c1ccccc1)C(O)O. The minimum atomic E-state index is -1.71. The Bertz CT molecular complexity index is 837. The van der Waals surface area contributed by atoms with Crippen molar-refractivity contribution in [2.75, 3.05) is 5.32 Å². The van der Waals surface area contributed by atoms with E-state index in [1.165, 1.54) is 0 Å². The number of aliphatic hydroxyl groups is 2. The molecule has 2 aromatic carbocycles. The van der Waals surface area contributed by atoms with Crippen LogP contribution < -0.4 is 10.6 Å². The van der Waals surface area contributed by atoms with Crippen LogP contribution in [0.3, 0.4) is 0 Å². The van der Waals surface area contributed by atoms with Gasteiger partial charge in [0, 0.05) is 18.1 Å². The summed E-state index contributed by atoms with van der Waals surface area (Å²) < 4.78 is 0. The monoisotopic (exact) mass is 349 g/mol. The molecule has 26 heavy (non-hydrogen) atoms. The molecule has 0 radical (unpaired) electrons. The highest BCUT2D eigenvalue weighted by Gasteiger charge is 2.21. The van der Waals surface area contributed by atoms with E-state index in [1.807, 2.05) is 30.3 Å². The number of benzene rings is 2. The van der Waals surface area contributed by atoms with Gasteiger partial charge in [-0.15, -0.1) is 0 Å². The van der Waals surface area contributed by atoms with Crippen LogP contribution in [0.15, 0.2) is 79.1 Å². The van der Waals surface area contributed by atoms with Crippen LogP contribution >= 0.6 is 0 Å². The summed E-state index contributed by atoms with van der Waals surface area (Å²) in [6.07, 6.45) is 1.73. The molecule has 0 aliphatic rings. The van der Waals surface area contributed by atoms with Crippen LogP contribution in [0.1, 0.15) is 11.6 Å². The van der Waals surface area contributed by atoms with E-state index in [-0.39, 0.29) is 0 Å². The Morgan fingerprint density at radius 2 is 1.46 bits per heavy atom. The highest BCUT2D eigenvalue weighted by Crippen LogP contribution is 2.21. The van der Waals surface area contributed by atoms with E-state index >= 15 is 0 Å². The quantitative estimate of drug-likeness (QED) is 0.533. The maximum absolute atomic E-state index is 12.2. The van der Waals surface area contributed by atoms with Crippen molar-refractivity contribution in [3.05, 3.63) is 84.7 Å². The fourth-order valence-electron chi connectivity index (χ4n) is 2.59. The van der Waals surface area contributed by atoms with E-state index < -0.39 is 18.4 Å². The van der Waals surface area contributed by atoms with Crippen LogP contribution in [0.4, 0.5) is 10.5 Å². The summed E-state index contributed by atoms with van der Waals surface area (Å²) in [6, 6.07) is 18.5. The zero-order valence-corrected chi connectivity index (χ0v) is 13.9. The lowest BCUT2D eigenvalue weighted by atomic mass is 10.1. The van der Waals surface area contributed by atoms with Gasteiger partial charge in [0.05, 0.1) is 0 Å². The lowest BCUT2D eigenvalue weighted by molar-refractivity contribution is -0.0649. The number of aliphatic hydroxyl groups excluding tert-OH is 1. The first-order valence-corrected chi connectivity index (χ1v) is 8.12. The van der Waals surface area contributed by atoms with Crippen molar-refractivity contribution in [1.29, 1.82) is 0 Å². The van der Waals surface area contributed by atoms with Crippen molar-refractivity contribution in [3.63, 3.8) is 0 Å². The molecule has 1 aromatic heterocycles. The predicted octanol–water partition coefficient (Wildman–Crippen LogP) is 2.92. The minimum absolute atomic E-state index is 0.524. The number of carbonyl (C=O) groups is 1. The second-order valence-corrected chi connectivity index (χ2v) is 5.71. The molecule has 0 saturated carbocycles. The van der Waals surface area contributed by atoms with Gasteiger partial charge < -0.3 is 20.8 Å². The number of hydrogen-bond donors (Lipinski definition) is 4. The van der Waals surface area contributed by atoms with Gasteiger partial charge in [-0.2, -0.15) is 0 Å². The van der Waals surface area contributed by atoms with E-state index in [9.17, 15) is 15.0 Å². The van der Waals surface area contributed by atoms with Crippen molar-refractivity contribution in [2.24, 2.45) is 0 Å². The second-order valence-electron chi connectivity index (χ2n) is 5.71. The maximum Gasteiger partial charge on any atom is 0.319 e.